The Kier molecular flexibility index (Phi) is 6.54. The van der Waals surface area contributed by atoms with Gasteiger partial charge in [0.2, 0.25) is 0 Å². The van der Waals surface area contributed by atoms with Crippen LogP contribution in [0.15, 0.2) is 67.3 Å². The van der Waals surface area contributed by atoms with Gasteiger partial charge >= 0.3 is 6.03 Å². The van der Waals surface area contributed by atoms with Gasteiger partial charge in [-0.1, -0.05) is 42.5 Å². The van der Waals surface area contributed by atoms with Crippen molar-refractivity contribution in [2.75, 3.05) is 25.5 Å². The number of carbonyl (C=O) groups excluding carboxylic acids is 1. The summed E-state index contributed by atoms with van der Waals surface area (Å²) in [6.07, 6.45) is 3.94. The van der Waals surface area contributed by atoms with Crippen molar-refractivity contribution in [3.63, 3.8) is 0 Å². The van der Waals surface area contributed by atoms with Crippen molar-refractivity contribution >= 4 is 11.7 Å². The third kappa shape index (κ3) is 5.65. The SMILES string of the molecule is CN(CCCNC(=O)Nc1ccccc1-n1cncn1)Cc1ccccc1. The largest absolute Gasteiger partial charge is 0.338 e. The van der Waals surface area contributed by atoms with Crippen LogP contribution in [0.3, 0.4) is 0 Å². The van der Waals surface area contributed by atoms with Crippen LogP contribution in [0.1, 0.15) is 12.0 Å². The minimum absolute atomic E-state index is 0.228. The number of nitrogens with zero attached hydrogens (tertiary/aromatic N) is 4. The molecule has 7 heteroatoms. The normalized spacial score (nSPS) is 10.7. The van der Waals surface area contributed by atoms with E-state index in [0.717, 1.165) is 25.2 Å². The van der Waals surface area contributed by atoms with Gasteiger partial charge in [0.1, 0.15) is 12.7 Å². The van der Waals surface area contributed by atoms with Gasteiger partial charge in [0.25, 0.3) is 0 Å². The number of rotatable bonds is 8. The number of carbonyl (C=O) groups is 1. The molecule has 140 valence electrons. The van der Waals surface area contributed by atoms with Crippen LogP contribution in [-0.4, -0.2) is 45.8 Å². The van der Waals surface area contributed by atoms with Crippen LogP contribution in [0, 0.1) is 0 Å². The molecule has 2 aromatic carbocycles. The van der Waals surface area contributed by atoms with Crippen molar-refractivity contribution in [2.45, 2.75) is 13.0 Å². The summed E-state index contributed by atoms with van der Waals surface area (Å²) in [7, 11) is 2.08. The number of para-hydroxylation sites is 2. The predicted octanol–water partition coefficient (Wildman–Crippen LogP) is 2.91. The van der Waals surface area contributed by atoms with E-state index >= 15 is 0 Å². The molecule has 0 aliphatic heterocycles. The highest BCUT2D eigenvalue weighted by atomic mass is 16.2. The van der Waals surface area contributed by atoms with Crippen molar-refractivity contribution < 1.29 is 4.79 Å². The molecule has 2 N–H and O–H groups in total. The van der Waals surface area contributed by atoms with Gasteiger partial charge in [-0.25, -0.2) is 14.5 Å². The van der Waals surface area contributed by atoms with Crippen LogP contribution < -0.4 is 10.6 Å². The third-order valence-electron chi connectivity index (χ3n) is 4.12. The van der Waals surface area contributed by atoms with E-state index in [1.807, 2.05) is 42.5 Å². The lowest BCUT2D eigenvalue weighted by Crippen LogP contribution is -2.32. The Morgan fingerprint density at radius 2 is 1.89 bits per heavy atom. The maximum absolute atomic E-state index is 12.2. The molecule has 27 heavy (non-hydrogen) atoms. The quantitative estimate of drug-likeness (QED) is 0.603. The Morgan fingerprint density at radius 1 is 1.11 bits per heavy atom. The van der Waals surface area contributed by atoms with Gasteiger partial charge in [-0.05, 0) is 37.7 Å². The molecule has 0 aliphatic rings. The molecule has 0 spiro atoms. The average molecular weight is 364 g/mol. The Balaban J connectivity index is 1.42. The Hall–Kier alpha value is -3.19. The van der Waals surface area contributed by atoms with E-state index in [2.05, 4.69) is 44.8 Å². The number of hydrogen-bond donors (Lipinski definition) is 2. The lowest BCUT2D eigenvalue weighted by atomic mass is 10.2. The maximum atomic E-state index is 12.2. The van der Waals surface area contributed by atoms with Crippen molar-refractivity contribution in [1.29, 1.82) is 0 Å². The van der Waals surface area contributed by atoms with E-state index in [9.17, 15) is 4.79 Å². The van der Waals surface area contributed by atoms with Crippen molar-refractivity contribution in [1.82, 2.24) is 25.0 Å². The van der Waals surface area contributed by atoms with Gasteiger partial charge in [-0.15, -0.1) is 0 Å². The molecule has 1 aromatic heterocycles. The number of hydrogen-bond acceptors (Lipinski definition) is 4. The van der Waals surface area contributed by atoms with Crippen molar-refractivity contribution in [3.05, 3.63) is 72.8 Å². The highest BCUT2D eigenvalue weighted by Crippen LogP contribution is 2.18. The molecular formula is C20H24N6O. The van der Waals surface area contributed by atoms with Gasteiger partial charge in [0.15, 0.2) is 0 Å². The van der Waals surface area contributed by atoms with Gasteiger partial charge in [-0.3, -0.25) is 0 Å². The summed E-state index contributed by atoms with van der Waals surface area (Å²) >= 11 is 0. The van der Waals surface area contributed by atoms with Crippen LogP contribution in [0.4, 0.5) is 10.5 Å². The first-order valence-electron chi connectivity index (χ1n) is 8.94. The predicted molar refractivity (Wildman–Crippen MR) is 106 cm³/mol. The van der Waals surface area contributed by atoms with Gasteiger partial charge in [0, 0.05) is 13.1 Å². The van der Waals surface area contributed by atoms with E-state index in [-0.39, 0.29) is 6.03 Å². The molecular weight excluding hydrogens is 340 g/mol. The zero-order valence-electron chi connectivity index (χ0n) is 15.4. The second-order valence-electron chi connectivity index (χ2n) is 6.32. The van der Waals surface area contributed by atoms with Gasteiger partial charge in [-0.2, -0.15) is 5.10 Å². The summed E-state index contributed by atoms with van der Waals surface area (Å²) in [5.74, 6) is 0. The Labute approximate surface area is 159 Å². The molecule has 0 atom stereocenters. The summed E-state index contributed by atoms with van der Waals surface area (Å²) in [5, 5.41) is 9.89. The first kappa shape index (κ1) is 18.6. The summed E-state index contributed by atoms with van der Waals surface area (Å²) in [4.78, 5) is 18.4. The first-order chi connectivity index (χ1) is 13.2. The highest BCUT2D eigenvalue weighted by Gasteiger charge is 2.08. The molecule has 0 unspecified atom stereocenters. The minimum atomic E-state index is -0.228. The fraction of sp³-hybridized carbons (Fsp3) is 0.250. The minimum Gasteiger partial charge on any atom is -0.338 e. The second-order valence-corrected chi connectivity index (χ2v) is 6.32. The highest BCUT2D eigenvalue weighted by molar-refractivity contribution is 5.91. The smallest absolute Gasteiger partial charge is 0.319 e. The van der Waals surface area contributed by atoms with Crippen LogP contribution in [-0.2, 0) is 6.54 Å². The molecule has 2 amide bonds. The molecule has 0 saturated heterocycles. The zero-order chi connectivity index (χ0) is 18.9. The molecule has 3 rings (SSSR count). The lowest BCUT2D eigenvalue weighted by molar-refractivity contribution is 0.250. The summed E-state index contributed by atoms with van der Waals surface area (Å²) in [6, 6.07) is 17.6. The number of aromatic nitrogens is 3. The Morgan fingerprint density at radius 3 is 2.67 bits per heavy atom. The zero-order valence-corrected chi connectivity index (χ0v) is 15.4. The molecule has 1 heterocycles. The van der Waals surface area contributed by atoms with Crippen LogP contribution in [0.5, 0.6) is 0 Å². The van der Waals surface area contributed by atoms with Gasteiger partial charge in [0.05, 0.1) is 11.4 Å². The van der Waals surface area contributed by atoms with E-state index < -0.39 is 0 Å². The molecule has 0 radical (unpaired) electrons. The number of urea groups is 1. The van der Waals surface area contributed by atoms with E-state index in [1.54, 1.807) is 11.0 Å². The average Bonchev–Trinajstić information content (AvgIpc) is 3.21. The molecule has 7 nitrogen and oxygen atoms in total. The van der Waals surface area contributed by atoms with Crippen molar-refractivity contribution in [3.8, 4) is 5.69 Å². The number of amides is 2. The van der Waals surface area contributed by atoms with Crippen LogP contribution >= 0.6 is 0 Å². The summed E-state index contributed by atoms with van der Waals surface area (Å²) in [5.41, 5.74) is 2.74. The number of benzene rings is 2. The third-order valence-corrected chi connectivity index (χ3v) is 4.12. The number of nitrogens with one attached hydrogen (secondary N) is 2. The summed E-state index contributed by atoms with van der Waals surface area (Å²) in [6.45, 7) is 2.42. The van der Waals surface area contributed by atoms with E-state index in [1.165, 1.54) is 11.9 Å². The van der Waals surface area contributed by atoms with E-state index in [0.29, 0.717) is 12.2 Å². The Bertz CT molecular complexity index is 835. The maximum Gasteiger partial charge on any atom is 0.319 e. The second kappa shape index (κ2) is 9.49. The molecule has 0 bridgehead atoms. The molecule has 0 fully saturated rings. The van der Waals surface area contributed by atoms with Gasteiger partial charge < -0.3 is 15.5 Å². The summed E-state index contributed by atoms with van der Waals surface area (Å²) < 4.78 is 1.62. The molecule has 0 aliphatic carbocycles. The number of anilines is 1. The van der Waals surface area contributed by atoms with Crippen LogP contribution in [0.25, 0.3) is 5.69 Å². The fourth-order valence-electron chi connectivity index (χ4n) is 2.80. The van der Waals surface area contributed by atoms with E-state index in [4.69, 9.17) is 0 Å². The first-order valence-corrected chi connectivity index (χ1v) is 8.94. The topological polar surface area (TPSA) is 75.1 Å². The molecule has 0 saturated carbocycles. The fourth-order valence-corrected chi connectivity index (χ4v) is 2.80. The standard InChI is InChI=1S/C20H24N6O/c1-25(14-17-8-3-2-4-9-17)13-7-12-22-20(27)24-18-10-5-6-11-19(18)26-16-21-15-23-26/h2-6,8-11,15-16H,7,12-14H2,1H3,(H2,22,24,27). The van der Waals surface area contributed by atoms with Crippen molar-refractivity contribution in [2.24, 2.45) is 0 Å². The lowest BCUT2D eigenvalue weighted by Gasteiger charge is -2.17. The monoisotopic (exact) mass is 364 g/mol. The molecule has 3 aromatic rings. The van der Waals surface area contributed by atoms with Crippen LogP contribution in [0.2, 0.25) is 0 Å².